The van der Waals surface area contributed by atoms with Crippen LogP contribution in [0.1, 0.15) is 21.5 Å². The smallest absolute Gasteiger partial charge is 0.258 e. The zero-order valence-corrected chi connectivity index (χ0v) is 12.0. The molecule has 21 heavy (non-hydrogen) atoms. The minimum Gasteiger partial charge on any atom is -0.508 e. The number of thiocarbonyl (C=S) groups is 1. The third kappa shape index (κ3) is 3.17. The van der Waals surface area contributed by atoms with Crippen LogP contribution in [-0.4, -0.2) is 16.0 Å². The van der Waals surface area contributed by atoms with E-state index in [-0.39, 0.29) is 16.3 Å². The minimum atomic E-state index is -0.808. The molecular weight excluding hydrogens is 291 g/mol. The molecule has 4 N–H and O–H groups in total. The van der Waals surface area contributed by atoms with Gasteiger partial charge in [-0.25, -0.2) is 4.39 Å². The molecule has 2 aromatic carbocycles. The van der Waals surface area contributed by atoms with Crippen LogP contribution in [0.3, 0.4) is 0 Å². The zero-order chi connectivity index (χ0) is 15.6. The van der Waals surface area contributed by atoms with Crippen LogP contribution in [0.15, 0.2) is 36.4 Å². The zero-order valence-electron chi connectivity index (χ0n) is 11.2. The molecule has 1 amide bonds. The fourth-order valence-electron chi connectivity index (χ4n) is 1.98. The molecule has 4 nitrogen and oxygen atoms in total. The van der Waals surface area contributed by atoms with Crippen molar-refractivity contribution >= 4 is 28.8 Å². The molecule has 0 atom stereocenters. The third-order valence-corrected chi connectivity index (χ3v) is 3.17. The Balaban J connectivity index is 2.36. The SMILES string of the molecule is Cc1cccc(NC(=O)c2ccc(O)cc2F)c1C(N)=S. The molecule has 0 radical (unpaired) electrons. The lowest BCUT2D eigenvalue weighted by Gasteiger charge is -2.13. The predicted octanol–water partition coefficient (Wildman–Crippen LogP) is 2.73. The molecule has 2 rings (SSSR count). The van der Waals surface area contributed by atoms with E-state index in [1.807, 2.05) is 13.0 Å². The van der Waals surface area contributed by atoms with Crippen molar-refractivity contribution in [2.24, 2.45) is 5.73 Å². The Kier molecular flexibility index (Phi) is 4.18. The number of benzene rings is 2. The third-order valence-electron chi connectivity index (χ3n) is 2.96. The molecule has 2 aromatic rings. The first-order valence-electron chi connectivity index (χ1n) is 6.09. The molecule has 0 aliphatic heterocycles. The van der Waals surface area contributed by atoms with Gasteiger partial charge in [-0.2, -0.15) is 0 Å². The topological polar surface area (TPSA) is 75.3 Å². The lowest BCUT2D eigenvalue weighted by atomic mass is 10.1. The normalized spacial score (nSPS) is 10.2. The molecule has 108 valence electrons. The molecule has 0 aromatic heterocycles. The number of hydrogen-bond donors (Lipinski definition) is 3. The van der Waals surface area contributed by atoms with E-state index >= 15 is 0 Å². The van der Waals surface area contributed by atoms with Gasteiger partial charge in [0.05, 0.1) is 11.3 Å². The van der Waals surface area contributed by atoms with Crippen molar-refractivity contribution in [2.75, 3.05) is 5.32 Å². The first kappa shape index (κ1) is 14.9. The number of hydrogen-bond acceptors (Lipinski definition) is 3. The van der Waals surface area contributed by atoms with Crippen molar-refractivity contribution < 1.29 is 14.3 Å². The number of nitrogens with one attached hydrogen (secondary N) is 1. The van der Waals surface area contributed by atoms with Gasteiger partial charge in [-0.1, -0.05) is 24.4 Å². The van der Waals surface area contributed by atoms with Crippen LogP contribution in [0.5, 0.6) is 5.75 Å². The summed E-state index contributed by atoms with van der Waals surface area (Å²) >= 11 is 4.97. The number of phenolic OH excluding ortho intramolecular Hbond substituents is 1. The van der Waals surface area contributed by atoms with E-state index in [9.17, 15) is 9.18 Å². The van der Waals surface area contributed by atoms with Gasteiger partial charge >= 0.3 is 0 Å². The summed E-state index contributed by atoms with van der Waals surface area (Å²) in [4.78, 5) is 12.3. The molecule has 0 aliphatic rings. The molecule has 0 spiro atoms. The van der Waals surface area contributed by atoms with E-state index in [2.05, 4.69) is 5.32 Å². The maximum atomic E-state index is 13.7. The van der Waals surface area contributed by atoms with Gasteiger partial charge in [0.25, 0.3) is 5.91 Å². The maximum absolute atomic E-state index is 13.7. The standard InChI is InChI=1S/C15H13FN2O2S/c1-8-3-2-4-12(13(8)14(17)21)18-15(20)10-6-5-9(19)7-11(10)16/h2-7,19H,1H3,(H2,17,21)(H,18,20). The predicted molar refractivity (Wildman–Crippen MR) is 83.1 cm³/mol. The molecule has 0 heterocycles. The summed E-state index contributed by atoms with van der Waals surface area (Å²) in [6.07, 6.45) is 0. The Morgan fingerprint density at radius 2 is 2.05 bits per heavy atom. The number of phenols is 1. The highest BCUT2D eigenvalue weighted by Crippen LogP contribution is 2.21. The number of rotatable bonds is 3. The van der Waals surface area contributed by atoms with E-state index < -0.39 is 11.7 Å². The lowest BCUT2D eigenvalue weighted by molar-refractivity contribution is 0.102. The number of halogens is 1. The second-order valence-corrected chi connectivity index (χ2v) is 4.92. The Labute approximate surface area is 126 Å². The van der Waals surface area contributed by atoms with Crippen molar-refractivity contribution in [3.63, 3.8) is 0 Å². The minimum absolute atomic E-state index is 0.148. The molecule has 0 aliphatic carbocycles. The van der Waals surface area contributed by atoms with Crippen LogP contribution in [0.2, 0.25) is 0 Å². The Bertz CT molecular complexity index is 732. The highest BCUT2D eigenvalue weighted by atomic mass is 32.1. The lowest BCUT2D eigenvalue weighted by Crippen LogP contribution is -2.19. The summed E-state index contributed by atoms with van der Waals surface area (Å²) in [5, 5.41) is 11.7. The van der Waals surface area contributed by atoms with Crippen LogP contribution >= 0.6 is 12.2 Å². The summed E-state index contributed by atoms with van der Waals surface area (Å²) in [5.41, 5.74) is 7.24. The second kappa shape index (κ2) is 5.88. The van der Waals surface area contributed by atoms with Crippen molar-refractivity contribution in [2.45, 2.75) is 6.92 Å². The van der Waals surface area contributed by atoms with E-state index in [4.69, 9.17) is 23.1 Å². The van der Waals surface area contributed by atoms with Gasteiger partial charge in [-0.3, -0.25) is 4.79 Å². The Morgan fingerprint density at radius 3 is 2.67 bits per heavy atom. The van der Waals surface area contributed by atoms with Crippen LogP contribution < -0.4 is 11.1 Å². The molecular formula is C15H13FN2O2S. The van der Waals surface area contributed by atoms with Crippen molar-refractivity contribution in [1.82, 2.24) is 0 Å². The average Bonchev–Trinajstić information content (AvgIpc) is 2.37. The first-order valence-corrected chi connectivity index (χ1v) is 6.50. The molecule has 0 fully saturated rings. The van der Waals surface area contributed by atoms with Crippen LogP contribution in [-0.2, 0) is 0 Å². The fraction of sp³-hybridized carbons (Fsp3) is 0.0667. The van der Waals surface area contributed by atoms with Gasteiger partial charge in [0.15, 0.2) is 0 Å². The number of carbonyl (C=O) groups is 1. The Morgan fingerprint density at radius 1 is 1.33 bits per heavy atom. The van der Waals surface area contributed by atoms with E-state index in [0.717, 1.165) is 11.6 Å². The number of anilines is 1. The number of amides is 1. The molecule has 6 heteroatoms. The fourth-order valence-corrected chi connectivity index (χ4v) is 2.25. The van der Waals surface area contributed by atoms with Crippen LogP contribution in [0.25, 0.3) is 0 Å². The van der Waals surface area contributed by atoms with Crippen LogP contribution in [0.4, 0.5) is 10.1 Å². The highest BCUT2D eigenvalue weighted by molar-refractivity contribution is 7.80. The van der Waals surface area contributed by atoms with E-state index in [1.165, 1.54) is 12.1 Å². The molecule has 0 unspecified atom stereocenters. The van der Waals surface area contributed by atoms with Crippen LogP contribution in [0, 0.1) is 12.7 Å². The number of aromatic hydroxyl groups is 1. The maximum Gasteiger partial charge on any atom is 0.258 e. The largest absolute Gasteiger partial charge is 0.508 e. The first-order chi connectivity index (χ1) is 9.90. The molecule has 0 saturated carbocycles. The van der Waals surface area contributed by atoms with Crippen molar-refractivity contribution in [1.29, 1.82) is 0 Å². The number of carbonyl (C=O) groups excluding carboxylic acids is 1. The van der Waals surface area contributed by atoms with Gasteiger partial charge < -0.3 is 16.2 Å². The quantitative estimate of drug-likeness (QED) is 0.762. The molecule has 0 bridgehead atoms. The summed E-state index contributed by atoms with van der Waals surface area (Å²) in [6, 6.07) is 8.50. The molecule has 0 saturated heterocycles. The van der Waals surface area contributed by atoms with Gasteiger partial charge in [-0.05, 0) is 30.7 Å². The summed E-state index contributed by atoms with van der Waals surface area (Å²) in [7, 11) is 0. The summed E-state index contributed by atoms with van der Waals surface area (Å²) in [5.74, 6) is -1.70. The van der Waals surface area contributed by atoms with Crippen molar-refractivity contribution in [3.8, 4) is 5.75 Å². The number of nitrogens with two attached hydrogens (primary N) is 1. The number of aryl methyl sites for hydroxylation is 1. The van der Waals surface area contributed by atoms with E-state index in [0.29, 0.717) is 11.3 Å². The monoisotopic (exact) mass is 304 g/mol. The van der Waals surface area contributed by atoms with Crippen molar-refractivity contribution in [3.05, 3.63) is 58.9 Å². The summed E-state index contributed by atoms with van der Waals surface area (Å²) in [6.45, 7) is 1.81. The van der Waals surface area contributed by atoms with Gasteiger partial charge in [0.2, 0.25) is 0 Å². The van der Waals surface area contributed by atoms with Gasteiger partial charge in [0, 0.05) is 11.6 Å². The summed E-state index contributed by atoms with van der Waals surface area (Å²) < 4.78 is 13.7. The van der Waals surface area contributed by atoms with Gasteiger partial charge in [-0.15, -0.1) is 0 Å². The van der Waals surface area contributed by atoms with Gasteiger partial charge in [0.1, 0.15) is 16.6 Å². The van der Waals surface area contributed by atoms with E-state index in [1.54, 1.807) is 12.1 Å². The second-order valence-electron chi connectivity index (χ2n) is 4.48. The Hall–Kier alpha value is -2.47. The highest BCUT2D eigenvalue weighted by Gasteiger charge is 2.15. The average molecular weight is 304 g/mol.